The lowest BCUT2D eigenvalue weighted by atomic mass is 10.0. The van der Waals surface area contributed by atoms with E-state index in [1.165, 1.54) is 16.8 Å². The minimum absolute atomic E-state index is 0.123. The second-order valence-electron chi connectivity index (χ2n) is 9.42. The highest BCUT2D eigenvalue weighted by Crippen LogP contribution is 2.31. The average Bonchev–Trinajstić information content (AvgIpc) is 3.39. The van der Waals surface area contributed by atoms with Crippen molar-refractivity contribution in [2.45, 2.75) is 26.4 Å². The highest BCUT2D eigenvalue weighted by Gasteiger charge is 2.31. The number of nitrogens with zero attached hydrogens (tertiary/aromatic N) is 7. The molecule has 1 aliphatic heterocycles. The third-order valence-electron chi connectivity index (χ3n) is 7.25. The van der Waals surface area contributed by atoms with Crippen molar-refractivity contribution in [2.75, 3.05) is 38.2 Å². The number of benzene rings is 3. The first-order valence-electron chi connectivity index (χ1n) is 12.5. The van der Waals surface area contributed by atoms with Gasteiger partial charge in [0, 0.05) is 31.9 Å². The molecule has 0 amide bonds. The van der Waals surface area contributed by atoms with Crippen molar-refractivity contribution in [3.05, 3.63) is 100 Å². The summed E-state index contributed by atoms with van der Waals surface area (Å²) in [6.07, 6.45) is 0. The lowest BCUT2D eigenvalue weighted by molar-refractivity contribution is 0.201. The first-order valence-corrected chi connectivity index (χ1v) is 12.5. The largest absolute Gasteiger partial charge is 0.497 e. The fourth-order valence-corrected chi connectivity index (χ4v) is 4.99. The van der Waals surface area contributed by atoms with E-state index in [1.807, 2.05) is 53.2 Å². The molecule has 4 aromatic rings. The monoisotopic (exact) mass is 493 g/mol. The minimum Gasteiger partial charge on any atom is -0.497 e. The zero-order valence-electron chi connectivity index (χ0n) is 21.5. The Bertz CT molecular complexity index is 1380. The maximum Gasteiger partial charge on any atom is 0.173 e. The summed E-state index contributed by atoms with van der Waals surface area (Å²) in [7, 11) is 1.66. The number of hydrogen-bond donors (Lipinski definition) is 0. The molecule has 8 heteroatoms. The molecule has 8 nitrogen and oxygen atoms in total. The first-order chi connectivity index (χ1) is 18.1. The molecule has 2 heterocycles. The van der Waals surface area contributed by atoms with Crippen molar-refractivity contribution < 1.29 is 4.74 Å². The zero-order chi connectivity index (χ0) is 25.8. The Morgan fingerprint density at radius 2 is 1.68 bits per heavy atom. The van der Waals surface area contributed by atoms with Gasteiger partial charge in [-0.1, -0.05) is 36.4 Å². The van der Waals surface area contributed by atoms with Crippen LogP contribution >= 0.6 is 0 Å². The number of aryl methyl sites for hydroxylation is 1. The number of methoxy groups -OCH3 is 1. The van der Waals surface area contributed by atoms with Gasteiger partial charge in [-0.3, -0.25) is 4.90 Å². The van der Waals surface area contributed by atoms with Crippen LogP contribution in [0.2, 0.25) is 0 Å². The van der Waals surface area contributed by atoms with E-state index in [9.17, 15) is 5.26 Å². The Morgan fingerprint density at radius 1 is 0.946 bits per heavy atom. The SMILES string of the molecule is COc1ccc(Cn2nnnc2C(c2ccc(C#N)cc2)N2CCN(c3cccc(C)c3C)CC2)cc1. The van der Waals surface area contributed by atoms with Gasteiger partial charge in [-0.05, 0) is 76.9 Å². The predicted molar refractivity (Wildman–Crippen MR) is 143 cm³/mol. The molecule has 0 saturated carbocycles. The maximum atomic E-state index is 9.31. The maximum absolute atomic E-state index is 9.31. The van der Waals surface area contributed by atoms with Gasteiger partial charge >= 0.3 is 0 Å². The summed E-state index contributed by atoms with van der Waals surface area (Å²) in [4.78, 5) is 4.91. The molecule has 1 atom stereocenters. The molecule has 1 aromatic heterocycles. The van der Waals surface area contributed by atoms with E-state index in [1.54, 1.807) is 7.11 Å². The highest BCUT2D eigenvalue weighted by atomic mass is 16.5. The molecule has 1 saturated heterocycles. The van der Waals surface area contributed by atoms with Crippen LogP contribution in [0.15, 0.2) is 66.7 Å². The van der Waals surface area contributed by atoms with Crippen LogP contribution < -0.4 is 9.64 Å². The van der Waals surface area contributed by atoms with Gasteiger partial charge in [0.05, 0.1) is 31.3 Å². The number of anilines is 1. The van der Waals surface area contributed by atoms with Gasteiger partial charge in [-0.2, -0.15) is 5.26 Å². The van der Waals surface area contributed by atoms with E-state index in [0.29, 0.717) is 12.1 Å². The standard InChI is InChI=1S/C29H31N7O/c1-21-5-4-6-27(22(21)2)34-15-17-35(18-16-34)28(25-11-7-23(19-30)8-12-25)29-31-32-33-36(29)20-24-9-13-26(37-3)14-10-24/h4-14,28H,15-18,20H2,1-3H3. The normalized spacial score (nSPS) is 14.8. The number of aromatic nitrogens is 4. The van der Waals surface area contributed by atoms with Crippen molar-refractivity contribution in [3.63, 3.8) is 0 Å². The Hall–Kier alpha value is -4.22. The van der Waals surface area contributed by atoms with Crippen LogP contribution in [0.5, 0.6) is 5.75 Å². The van der Waals surface area contributed by atoms with Crippen molar-refractivity contribution in [3.8, 4) is 11.8 Å². The molecule has 0 radical (unpaired) electrons. The van der Waals surface area contributed by atoms with Gasteiger partial charge in [0.25, 0.3) is 0 Å². The molecule has 188 valence electrons. The van der Waals surface area contributed by atoms with Crippen LogP contribution in [0.1, 0.15) is 39.7 Å². The van der Waals surface area contributed by atoms with E-state index < -0.39 is 0 Å². The van der Waals surface area contributed by atoms with Crippen LogP contribution in [0.25, 0.3) is 0 Å². The smallest absolute Gasteiger partial charge is 0.173 e. The van der Waals surface area contributed by atoms with E-state index in [0.717, 1.165) is 48.9 Å². The van der Waals surface area contributed by atoms with Crippen molar-refractivity contribution >= 4 is 5.69 Å². The van der Waals surface area contributed by atoms with E-state index in [-0.39, 0.29) is 6.04 Å². The molecule has 37 heavy (non-hydrogen) atoms. The summed E-state index contributed by atoms with van der Waals surface area (Å²) in [5.41, 5.74) is 6.76. The molecule has 1 fully saturated rings. The number of ether oxygens (including phenoxy) is 1. The fraction of sp³-hybridized carbons (Fsp3) is 0.310. The number of nitriles is 1. The molecule has 1 unspecified atom stereocenters. The Kier molecular flexibility index (Phi) is 7.15. The topological polar surface area (TPSA) is 83.1 Å². The second kappa shape index (κ2) is 10.8. The van der Waals surface area contributed by atoms with Gasteiger partial charge in [-0.25, -0.2) is 4.68 Å². The molecule has 1 aliphatic rings. The molecule has 0 N–H and O–H groups in total. The Morgan fingerprint density at radius 3 is 2.35 bits per heavy atom. The molecular weight excluding hydrogens is 462 g/mol. The summed E-state index contributed by atoms with van der Waals surface area (Å²) >= 11 is 0. The average molecular weight is 494 g/mol. The summed E-state index contributed by atoms with van der Waals surface area (Å²) in [5.74, 6) is 1.61. The predicted octanol–water partition coefficient (Wildman–Crippen LogP) is 4.13. The van der Waals surface area contributed by atoms with E-state index in [2.05, 4.69) is 63.4 Å². The summed E-state index contributed by atoms with van der Waals surface area (Å²) in [6.45, 7) is 8.49. The van der Waals surface area contributed by atoms with Crippen molar-refractivity contribution in [1.29, 1.82) is 5.26 Å². The third kappa shape index (κ3) is 5.18. The molecule has 0 spiro atoms. The van der Waals surface area contributed by atoms with Gasteiger partial charge < -0.3 is 9.64 Å². The van der Waals surface area contributed by atoms with Gasteiger partial charge in [0.15, 0.2) is 5.82 Å². The molecule has 5 rings (SSSR count). The molecular formula is C29H31N7O. The lowest BCUT2D eigenvalue weighted by Crippen LogP contribution is -2.48. The number of tetrazole rings is 1. The summed E-state index contributed by atoms with van der Waals surface area (Å²) in [6, 6.07) is 24.3. The van der Waals surface area contributed by atoms with Crippen molar-refractivity contribution in [1.82, 2.24) is 25.1 Å². The molecule has 0 bridgehead atoms. The number of rotatable bonds is 7. The van der Waals surface area contributed by atoms with E-state index in [4.69, 9.17) is 4.74 Å². The highest BCUT2D eigenvalue weighted by molar-refractivity contribution is 5.56. The first kappa shape index (κ1) is 24.5. The summed E-state index contributed by atoms with van der Waals surface area (Å²) in [5, 5.41) is 22.2. The zero-order valence-corrected chi connectivity index (χ0v) is 21.5. The Balaban J connectivity index is 1.43. The van der Waals surface area contributed by atoms with Crippen LogP contribution in [0.4, 0.5) is 5.69 Å². The third-order valence-corrected chi connectivity index (χ3v) is 7.25. The van der Waals surface area contributed by atoms with Gasteiger partial charge in [-0.15, -0.1) is 5.10 Å². The second-order valence-corrected chi connectivity index (χ2v) is 9.42. The van der Waals surface area contributed by atoms with Gasteiger partial charge in [0.1, 0.15) is 5.75 Å². The van der Waals surface area contributed by atoms with Crippen LogP contribution in [0, 0.1) is 25.2 Å². The van der Waals surface area contributed by atoms with E-state index >= 15 is 0 Å². The Labute approximate surface area is 217 Å². The molecule has 0 aliphatic carbocycles. The lowest BCUT2D eigenvalue weighted by Gasteiger charge is -2.40. The number of piperazine rings is 1. The minimum atomic E-state index is -0.123. The fourth-order valence-electron chi connectivity index (χ4n) is 4.99. The quantitative estimate of drug-likeness (QED) is 0.383. The number of hydrogen-bond acceptors (Lipinski definition) is 7. The van der Waals surface area contributed by atoms with Crippen LogP contribution in [-0.4, -0.2) is 58.4 Å². The summed E-state index contributed by atoms with van der Waals surface area (Å²) < 4.78 is 7.17. The van der Waals surface area contributed by atoms with Crippen LogP contribution in [-0.2, 0) is 6.54 Å². The van der Waals surface area contributed by atoms with Crippen molar-refractivity contribution in [2.24, 2.45) is 0 Å². The van der Waals surface area contributed by atoms with Crippen LogP contribution in [0.3, 0.4) is 0 Å². The van der Waals surface area contributed by atoms with Gasteiger partial charge in [0.2, 0.25) is 0 Å². The molecule has 3 aromatic carbocycles.